The highest BCUT2D eigenvalue weighted by molar-refractivity contribution is 7.99. The van der Waals surface area contributed by atoms with Crippen LogP contribution >= 0.6 is 11.8 Å². The van der Waals surface area contributed by atoms with Crippen molar-refractivity contribution >= 4 is 23.4 Å². The highest BCUT2D eigenvalue weighted by atomic mass is 32.2. The Balaban J connectivity index is 1.92. The topological polar surface area (TPSA) is 89.0 Å². The molecule has 1 amide bonds. The van der Waals surface area contributed by atoms with Gasteiger partial charge in [-0.3, -0.25) is 9.36 Å². The molecule has 0 saturated carbocycles. The van der Waals surface area contributed by atoms with Crippen LogP contribution in [-0.2, 0) is 16.1 Å². The molecular weight excluding hydrogens is 323 g/mol. The molecule has 0 radical (unpaired) electrons. The molecule has 1 heterocycles. The summed E-state index contributed by atoms with van der Waals surface area (Å²) in [4.78, 5) is 23.5. The fourth-order valence-corrected chi connectivity index (χ4v) is 2.63. The van der Waals surface area contributed by atoms with E-state index in [4.69, 9.17) is 4.74 Å². The third-order valence-electron chi connectivity index (χ3n) is 2.93. The number of rotatable bonds is 8. The van der Waals surface area contributed by atoms with Gasteiger partial charge in [-0.25, -0.2) is 14.3 Å². The van der Waals surface area contributed by atoms with Gasteiger partial charge in [0.1, 0.15) is 5.82 Å². The Bertz CT molecular complexity index is 716. The number of anilines is 1. The van der Waals surface area contributed by atoms with Crippen molar-refractivity contribution in [3.8, 4) is 0 Å². The Morgan fingerprint density at radius 2 is 2.26 bits per heavy atom. The summed E-state index contributed by atoms with van der Waals surface area (Å²) in [5.41, 5.74) is -0.212. The number of nitrogens with zero attached hydrogens (tertiary/aromatic N) is 2. The molecule has 7 nitrogen and oxygen atoms in total. The fraction of sp³-hybridized carbons (Fsp3) is 0.357. The van der Waals surface area contributed by atoms with Gasteiger partial charge in [0.2, 0.25) is 5.91 Å². The van der Waals surface area contributed by atoms with Crippen LogP contribution in [0.15, 0.2) is 34.2 Å². The summed E-state index contributed by atoms with van der Waals surface area (Å²) in [6, 6.07) is 5.92. The molecule has 23 heavy (non-hydrogen) atoms. The molecule has 9 heteroatoms. The smallest absolute Gasteiger partial charge is 0.343 e. The van der Waals surface area contributed by atoms with E-state index in [0.717, 1.165) is 11.8 Å². The zero-order chi connectivity index (χ0) is 16.7. The molecule has 2 rings (SSSR count). The van der Waals surface area contributed by atoms with Crippen LogP contribution in [0.25, 0.3) is 0 Å². The molecule has 2 N–H and O–H groups in total. The van der Waals surface area contributed by atoms with Crippen molar-refractivity contribution in [2.75, 3.05) is 24.8 Å². The third kappa shape index (κ3) is 4.93. The molecule has 0 aliphatic carbocycles. The maximum Gasteiger partial charge on any atom is 0.343 e. The Hall–Kier alpha value is -2.13. The largest absolute Gasteiger partial charge is 0.385 e. The van der Waals surface area contributed by atoms with E-state index < -0.39 is 5.82 Å². The molecule has 0 spiro atoms. The minimum absolute atomic E-state index is 0.0168. The number of carbonyl (C=O) groups is 1. The van der Waals surface area contributed by atoms with E-state index in [1.165, 1.54) is 16.7 Å². The van der Waals surface area contributed by atoms with Crippen LogP contribution in [0.1, 0.15) is 6.42 Å². The Labute approximate surface area is 136 Å². The van der Waals surface area contributed by atoms with Crippen LogP contribution < -0.4 is 11.0 Å². The molecule has 0 unspecified atom stereocenters. The average molecular weight is 340 g/mol. The second-order valence-corrected chi connectivity index (χ2v) is 5.57. The highest BCUT2D eigenvalue weighted by Crippen LogP contribution is 2.16. The number of amides is 1. The van der Waals surface area contributed by atoms with Gasteiger partial charge in [0.15, 0.2) is 5.16 Å². The van der Waals surface area contributed by atoms with Crippen LogP contribution in [-0.4, -0.2) is 40.1 Å². The lowest BCUT2D eigenvalue weighted by Gasteiger charge is -2.07. The van der Waals surface area contributed by atoms with Crippen molar-refractivity contribution < 1.29 is 13.9 Å². The molecular formula is C14H17FN4O3S. The second-order valence-electron chi connectivity index (χ2n) is 4.63. The lowest BCUT2D eigenvalue weighted by Crippen LogP contribution is -2.19. The van der Waals surface area contributed by atoms with E-state index >= 15 is 0 Å². The number of benzene rings is 1. The summed E-state index contributed by atoms with van der Waals surface area (Å²) < 4.78 is 19.8. The van der Waals surface area contributed by atoms with Crippen LogP contribution in [0, 0.1) is 5.82 Å². The summed E-state index contributed by atoms with van der Waals surface area (Å²) in [6.45, 7) is 0.968. The number of hydrogen-bond acceptors (Lipinski definition) is 5. The normalized spacial score (nSPS) is 10.7. The van der Waals surface area contributed by atoms with E-state index in [1.54, 1.807) is 19.2 Å². The van der Waals surface area contributed by atoms with Crippen molar-refractivity contribution in [1.82, 2.24) is 14.8 Å². The number of aromatic amines is 1. The quantitative estimate of drug-likeness (QED) is 0.561. The van der Waals surface area contributed by atoms with Crippen molar-refractivity contribution in [1.29, 1.82) is 0 Å². The molecule has 1 aromatic carbocycles. The number of hydrogen-bond donors (Lipinski definition) is 2. The van der Waals surface area contributed by atoms with Crippen LogP contribution in [0.5, 0.6) is 0 Å². The van der Waals surface area contributed by atoms with E-state index in [-0.39, 0.29) is 23.0 Å². The molecule has 0 saturated heterocycles. The number of nitrogens with one attached hydrogen (secondary N) is 2. The summed E-state index contributed by atoms with van der Waals surface area (Å²) in [5, 5.41) is 9.13. The van der Waals surface area contributed by atoms with Gasteiger partial charge in [-0.1, -0.05) is 23.9 Å². The Kier molecular flexibility index (Phi) is 6.36. The number of carbonyl (C=O) groups excluding carboxylic acids is 1. The van der Waals surface area contributed by atoms with Crippen molar-refractivity contribution in [3.05, 3.63) is 40.6 Å². The summed E-state index contributed by atoms with van der Waals surface area (Å²) in [7, 11) is 1.58. The van der Waals surface area contributed by atoms with Crippen LogP contribution in [0.2, 0.25) is 0 Å². The van der Waals surface area contributed by atoms with Gasteiger partial charge in [0.25, 0.3) is 0 Å². The van der Waals surface area contributed by atoms with Gasteiger partial charge in [-0.05, 0) is 18.6 Å². The van der Waals surface area contributed by atoms with Crippen LogP contribution in [0.3, 0.4) is 0 Å². The third-order valence-corrected chi connectivity index (χ3v) is 3.91. The number of halogens is 1. The van der Waals surface area contributed by atoms with Crippen molar-refractivity contribution in [2.24, 2.45) is 0 Å². The minimum Gasteiger partial charge on any atom is -0.385 e. The van der Waals surface area contributed by atoms with Crippen molar-refractivity contribution in [2.45, 2.75) is 18.1 Å². The lowest BCUT2D eigenvalue weighted by molar-refractivity contribution is -0.113. The molecule has 0 atom stereocenters. The molecule has 2 aromatic rings. The van der Waals surface area contributed by atoms with E-state index in [9.17, 15) is 14.0 Å². The Morgan fingerprint density at radius 3 is 3.00 bits per heavy atom. The number of H-pyrrole nitrogens is 1. The average Bonchev–Trinajstić information content (AvgIpc) is 2.88. The lowest BCUT2D eigenvalue weighted by atomic mass is 10.3. The molecule has 0 bridgehead atoms. The van der Waals surface area contributed by atoms with Gasteiger partial charge < -0.3 is 10.1 Å². The number of aromatic nitrogens is 3. The Morgan fingerprint density at radius 1 is 1.48 bits per heavy atom. The van der Waals surface area contributed by atoms with Gasteiger partial charge in [0, 0.05) is 20.3 Å². The van der Waals surface area contributed by atoms with Crippen molar-refractivity contribution in [3.63, 3.8) is 0 Å². The number of thioether (sulfide) groups is 1. The monoisotopic (exact) mass is 340 g/mol. The van der Waals surface area contributed by atoms with Gasteiger partial charge in [-0.2, -0.15) is 0 Å². The number of methoxy groups -OCH3 is 1. The summed E-state index contributed by atoms with van der Waals surface area (Å²) in [5.74, 6) is -0.857. The van der Waals surface area contributed by atoms with E-state index in [1.807, 2.05) is 0 Å². The SMILES string of the molecule is COCCCn1c(SCC(=O)Nc2ccccc2F)n[nH]c1=O. The van der Waals surface area contributed by atoms with Crippen LogP contribution in [0.4, 0.5) is 10.1 Å². The minimum atomic E-state index is -0.498. The predicted octanol–water partition coefficient (Wildman–Crippen LogP) is 1.48. The molecule has 0 aliphatic rings. The first-order valence-corrected chi connectivity index (χ1v) is 7.91. The first kappa shape index (κ1) is 17.2. The van der Waals surface area contributed by atoms with Gasteiger partial charge in [0.05, 0.1) is 11.4 Å². The standard InChI is InChI=1S/C14H17FN4O3S/c1-22-8-4-7-19-13(21)17-18-14(19)23-9-12(20)16-11-6-3-2-5-10(11)15/h2-3,5-6H,4,7-9H2,1H3,(H,16,20)(H,17,21). The first-order valence-electron chi connectivity index (χ1n) is 6.93. The maximum atomic E-state index is 13.5. The molecule has 0 fully saturated rings. The number of ether oxygens (including phenoxy) is 1. The van der Waals surface area contributed by atoms with E-state index in [2.05, 4.69) is 15.5 Å². The predicted molar refractivity (Wildman–Crippen MR) is 85.1 cm³/mol. The fourth-order valence-electron chi connectivity index (χ4n) is 1.86. The van der Waals surface area contributed by atoms with E-state index in [0.29, 0.717) is 24.7 Å². The van der Waals surface area contributed by atoms with Gasteiger partial charge >= 0.3 is 5.69 Å². The first-order chi connectivity index (χ1) is 11.1. The summed E-state index contributed by atoms with van der Waals surface area (Å²) in [6.07, 6.45) is 0.658. The molecule has 124 valence electrons. The summed E-state index contributed by atoms with van der Waals surface area (Å²) >= 11 is 1.10. The zero-order valence-corrected chi connectivity index (χ0v) is 13.4. The molecule has 0 aliphatic heterocycles. The van der Waals surface area contributed by atoms with Gasteiger partial charge in [-0.15, -0.1) is 5.10 Å². The maximum absolute atomic E-state index is 13.5. The second kappa shape index (κ2) is 8.49. The molecule has 1 aromatic heterocycles. The number of para-hydroxylation sites is 1. The highest BCUT2D eigenvalue weighted by Gasteiger charge is 2.12. The zero-order valence-electron chi connectivity index (χ0n) is 12.5.